The van der Waals surface area contributed by atoms with Crippen molar-refractivity contribution in [2.75, 3.05) is 7.11 Å². The number of rotatable bonds is 2. The summed E-state index contributed by atoms with van der Waals surface area (Å²) >= 11 is 0. The molecule has 0 N–H and O–H groups in total. The van der Waals surface area contributed by atoms with Gasteiger partial charge < -0.3 is 4.74 Å². The predicted molar refractivity (Wildman–Crippen MR) is 57.2 cm³/mol. The van der Waals surface area contributed by atoms with Crippen LogP contribution in [0.3, 0.4) is 0 Å². The molecule has 0 bridgehead atoms. The minimum absolute atomic E-state index is 0.964. The van der Waals surface area contributed by atoms with Gasteiger partial charge in [0.2, 0.25) is 0 Å². The molecule has 1 aromatic rings. The van der Waals surface area contributed by atoms with Gasteiger partial charge in [-0.05, 0) is 49.6 Å². The minimum Gasteiger partial charge on any atom is -0.496 e. The van der Waals surface area contributed by atoms with Crippen LogP contribution in [0, 0.1) is 13.8 Å². The number of hydrogen-bond acceptors (Lipinski definition) is 1. The van der Waals surface area contributed by atoms with Crippen molar-refractivity contribution in [2.24, 2.45) is 0 Å². The highest BCUT2D eigenvalue weighted by Crippen LogP contribution is 2.23. The van der Waals surface area contributed by atoms with Crippen molar-refractivity contribution in [2.45, 2.75) is 20.8 Å². The van der Waals surface area contributed by atoms with Crippen LogP contribution < -0.4 is 4.74 Å². The molecule has 13 heavy (non-hydrogen) atoms. The Labute approximate surface area is 80.0 Å². The van der Waals surface area contributed by atoms with Crippen LogP contribution in [0.25, 0.3) is 6.08 Å². The summed E-state index contributed by atoms with van der Waals surface area (Å²) in [6.45, 7) is 6.18. The van der Waals surface area contributed by atoms with Gasteiger partial charge in [0.25, 0.3) is 0 Å². The average molecular weight is 176 g/mol. The number of aryl methyl sites for hydroxylation is 2. The summed E-state index contributed by atoms with van der Waals surface area (Å²) in [4.78, 5) is 0. The van der Waals surface area contributed by atoms with E-state index in [0.717, 1.165) is 5.75 Å². The van der Waals surface area contributed by atoms with Crippen molar-refractivity contribution in [1.29, 1.82) is 0 Å². The lowest BCUT2D eigenvalue weighted by atomic mass is 10.0. The van der Waals surface area contributed by atoms with E-state index in [-0.39, 0.29) is 0 Å². The van der Waals surface area contributed by atoms with Crippen molar-refractivity contribution in [3.8, 4) is 5.75 Å². The molecule has 0 aliphatic rings. The second-order valence-corrected chi connectivity index (χ2v) is 3.18. The zero-order valence-electron chi connectivity index (χ0n) is 8.72. The van der Waals surface area contributed by atoms with Crippen LogP contribution in [0.15, 0.2) is 18.2 Å². The van der Waals surface area contributed by atoms with Crippen LogP contribution in [0.2, 0.25) is 0 Å². The summed E-state index contributed by atoms with van der Waals surface area (Å²) in [7, 11) is 1.71. The molecule has 0 fully saturated rings. The lowest BCUT2D eigenvalue weighted by Gasteiger charge is -2.08. The van der Waals surface area contributed by atoms with Crippen LogP contribution in [0.5, 0.6) is 5.75 Å². The minimum atomic E-state index is 0.964. The molecule has 0 heterocycles. The van der Waals surface area contributed by atoms with Crippen LogP contribution in [-0.2, 0) is 0 Å². The van der Waals surface area contributed by atoms with Crippen LogP contribution >= 0.6 is 0 Å². The highest BCUT2D eigenvalue weighted by atomic mass is 16.5. The Hall–Kier alpha value is -1.24. The quantitative estimate of drug-likeness (QED) is 0.671. The third-order valence-electron chi connectivity index (χ3n) is 2.13. The molecule has 1 rings (SSSR count). The van der Waals surface area contributed by atoms with Crippen molar-refractivity contribution in [1.82, 2.24) is 0 Å². The molecule has 0 saturated heterocycles. The Morgan fingerprint density at radius 1 is 1.15 bits per heavy atom. The van der Waals surface area contributed by atoms with Gasteiger partial charge in [0.15, 0.2) is 0 Å². The molecule has 1 heteroatoms. The first kappa shape index (κ1) is 9.85. The molecule has 0 unspecified atom stereocenters. The van der Waals surface area contributed by atoms with Crippen LogP contribution in [0.1, 0.15) is 23.6 Å². The number of benzene rings is 1. The maximum atomic E-state index is 5.23. The standard InChI is InChI=1S/C12H16O/c1-5-6-11-7-10(3)12(13-4)8-9(11)2/h5-8H,1-4H3/b6-5+. The summed E-state index contributed by atoms with van der Waals surface area (Å²) in [5, 5.41) is 0. The fourth-order valence-corrected chi connectivity index (χ4v) is 1.39. The molecular formula is C12H16O. The molecule has 0 radical (unpaired) electrons. The Morgan fingerprint density at radius 2 is 1.85 bits per heavy atom. The number of methoxy groups -OCH3 is 1. The third-order valence-corrected chi connectivity index (χ3v) is 2.13. The molecular weight excluding hydrogens is 160 g/mol. The van der Waals surface area contributed by atoms with Crippen molar-refractivity contribution >= 4 is 6.08 Å². The number of ether oxygens (including phenoxy) is 1. The van der Waals surface area contributed by atoms with E-state index >= 15 is 0 Å². The number of hydrogen-bond donors (Lipinski definition) is 0. The molecule has 0 aromatic heterocycles. The molecule has 1 nitrogen and oxygen atoms in total. The van der Waals surface area contributed by atoms with E-state index < -0.39 is 0 Å². The van der Waals surface area contributed by atoms with Crippen molar-refractivity contribution in [3.05, 3.63) is 34.9 Å². The predicted octanol–water partition coefficient (Wildman–Crippen LogP) is 3.35. The van der Waals surface area contributed by atoms with Gasteiger partial charge in [-0.2, -0.15) is 0 Å². The zero-order valence-corrected chi connectivity index (χ0v) is 8.72. The topological polar surface area (TPSA) is 9.23 Å². The second kappa shape index (κ2) is 4.13. The molecule has 0 saturated carbocycles. The van der Waals surface area contributed by atoms with Gasteiger partial charge in [0, 0.05) is 0 Å². The summed E-state index contributed by atoms with van der Waals surface area (Å²) in [5.41, 5.74) is 3.70. The second-order valence-electron chi connectivity index (χ2n) is 3.18. The lowest BCUT2D eigenvalue weighted by Crippen LogP contribution is -1.90. The van der Waals surface area contributed by atoms with Crippen LogP contribution in [-0.4, -0.2) is 7.11 Å². The maximum Gasteiger partial charge on any atom is 0.122 e. The number of allylic oxidation sites excluding steroid dienone is 1. The van der Waals surface area contributed by atoms with Gasteiger partial charge in [-0.25, -0.2) is 0 Å². The normalized spacial score (nSPS) is 10.8. The van der Waals surface area contributed by atoms with E-state index in [1.165, 1.54) is 16.7 Å². The fourth-order valence-electron chi connectivity index (χ4n) is 1.39. The smallest absolute Gasteiger partial charge is 0.122 e. The van der Waals surface area contributed by atoms with Gasteiger partial charge in [-0.1, -0.05) is 12.2 Å². The molecule has 1 aromatic carbocycles. The Balaban J connectivity index is 3.20. The Kier molecular flexibility index (Phi) is 3.13. The summed E-state index contributed by atoms with van der Waals surface area (Å²) in [5.74, 6) is 0.964. The van der Waals surface area contributed by atoms with Gasteiger partial charge >= 0.3 is 0 Å². The summed E-state index contributed by atoms with van der Waals surface area (Å²) in [6, 6.07) is 4.22. The first-order valence-corrected chi connectivity index (χ1v) is 4.47. The average Bonchev–Trinajstić information content (AvgIpc) is 2.11. The van der Waals surface area contributed by atoms with Gasteiger partial charge in [-0.3, -0.25) is 0 Å². The van der Waals surface area contributed by atoms with E-state index in [9.17, 15) is 0 Å². The largest absolute Gasteiger partial charge is 0.496 e. The van der Waals surface area contributed by atoms with Crippen molar-refractivity contribution in [3.63, 3.8) is 0 Å². The van der Waals surface area contributed by atoms with Crippen molar-refractivity contribution < 1.29 is 4.74 Å². The van der Waals surface area contributed by atoms with E-state index in [2.05, 4.69) is 32.1 Å². The molecule has 0 aliphatic heterocycles. The van der Waals surface area contributed by atoms with E-state index in [4.69, 9.17) is 4.74 Å². The summed E-state index contributed by atoms with van der Waals surface area (Å²) < 4.78 is 5.23. The molecule has 0 spiro atoms. The highest BCUT2D eigenvalue weighted by molar-refractivity contribution is 5.57. The fraction of sp³-hybridized carbons (Fsp3) is 0.333. The third kappa shape index (κ3) is 2.11. The molecule has 0 aliphatic carbocycles. The molecule has 0 amide bonds. The Bertz CT molecular complexity index is 324. The van der Waals surface area contributed by atoms with Gasteiger partial charge in [-0.15, -0.1) is 0 Å². The molecule has 0 atom stereocenters. The Morgan fingerprint density at radius 3 is 2.38 bits per heavy atom. The summed E-state index contributed by atoms with van der Waals surface area (Å²) in [6.07, 6.45) is 4.16. The first-order chi connectivity index (χ1) is 6.19. The van der Waals surface area contributed by atoms with Gasteiger partial charge in [0.05, 0.1) is 7.11 Å². The maximum absolute atomic E-state index is 5.23. The highest BCUT2D eigenvalue weighted by Gasteiger charge is 2.01. The monoisotopic (exact) mass is 176 g/mol. The van der Waals surface area contributed by atoms with Crippen LogP contribution in [0.4, 0.5) is 0 Å². The first-order valence-electron chi connectivity index (χ1n) is 4.47. The van der Waals surface area contributed by atoms with Gasteiger partial charge in [0.1, 0.15) is 5.75 Å². The SMILES string of the molecule is C/C=C/c1cc(C)c(OC)cc1C. The van der Waals surface area contributed by atoms with E-state index in [1.54, 1.807) is 7.11 Å². The van der Waals surface area contributed by atoms with E-state index in [1.807, 2.05) is 13.0 Å². The zero-order chi connectivity index (χ0) is 9.84. The van der Waals surface area contributed by atoms with E-state index in [0.29, 0.717) is 0 Å². The lowest BCUT2D eigenvalue weighted by molar-refractivity contribution is 0.411. The molecule has 70 valence electrons.